The first-order valence-corrected chi connectivity index (χ1v) is 3.14. The summed E-state index contributed by atoms with van der Waals surface area (Å²) in [6.07, 6.45) is 0. The van der Waals surface area contributed by atoms with Crippen LogP contribution in [0.3, 0.4) is 0 Å². The van der Waals surface area contributed by atoms with Gasteiger partial charge in [-0.15, -0.1) is 0 Å². The first kappa shape index (κ1) is 8.78. The molecule has 0 aliphatic heterocycles. The Bertz CT molecular complexity index is 108. The van der Waals surface area contributed by atoms with Gasteiger partial charge in [0.25, 0.3) is 0 Å². The molecule has 0 atom stereocenters. The Labute approximate surface area is 60.4 Å². The molecule has 0 aromatic rings. The summed E-state index contributed by atoms with van der Waals surface area (Å²) >= 11 is 4.06. The summed E-state index contributed by atoms with van der Waals surface area (Å²) in [7, 11) is 0. The Balaban J connectivity index is 3.60. The van der Waals surface area contributed by atoms with Crippen molar-refractivity contribution in [3.63, 3.8) is 0 Å². The first-order chi connectivity index (χ1) is 3.95. The van der Waals surface area contributed by atoms with Crippen molar-refractivity contribution in [1.29, 1.82) is 0 Å². The van der Waals surface area contributed by atoms with Gasteiger partial charge in [0.1, 0.15) is 0 Å². The highest BCUT2D eigenvalue weighted by molar-refractivity contribution is 7.81. The molecule has 1 amide bonds. The normalized spacial score (nSPS) is 11.1. The topological polar surface area (TPSA) is 55.1 Å². The summed E-state index contributed by atoms with van der Waals surface area (Å²) in [4.78, 5) is 10.1. The zero-order valence-corrected chi connectivity index (χ0v) is 6.53. The smallest absolute Gasteiger partial charge is 0.234 e. The number of thiol groups is 1. The third-order valence-corrected chi connectivity index (χ3v) is 0.743. The van der Waals surface area contributed by atoms with E-state index in [2.05, 4.69) is 17.9 Å². The minimum Gasteiger partial charge on any atom is -0.341 e. The lowest BCUT2D eigenvalue weighted by Gasteiger charge is -2.18. The van der Waals surface area contributed by atoms with Crippen LogP contribution in [0, 0.1) is 0 Å². The number of carbonyl (C=O) groups is 1. The molecule has 3 N–H and O–H groups in total. The highest BCUT2D eigenvalue weighted by atomic mass is 32.1. The maximum absolute atomic E-state index is 10.5. The highest BCUT2D eigenvalue weighted by Crippen LogP contribution is 2.04. The summed E-state index contributed by atoms with van der Waals surface area (Å²) < 4.78 is 0. The molecule has 4 heteroatoms. The molecule has 54 valence electrons. The summed E-state index contributed by atoms with van der Waals surface area (Å²) in [6, 6.07) is 0. The lowest BCUT2D eigenvalue weighted by Crippen LogP contribution is -2.42. The van der Waals surface area contributed by atoms with E-state index in [0.717, 1.165) is 0 Å². The average Bonchev–Trinajstić information content (AvgIpc) is 1.62. The minimum atomic E-state index is -0.462. The quantitative estimate of drug-likeness (QED) is 0.373. The Kier molecular flexibility index (Phi) is 3.00. The molecule has 0 heterocycles. The predicted octanol–water partition coefficient (Wildman–Crippen LogP) is -0.273. The maximum atomic E-state index is 10.5. The van der Waals surface area contributed by atoms with E-state index in [1.54, 1.807) is 13.8 Å². The van der Waals surface area contributed by atoms with E-state index in [1.165, 1.54) is 0 Å². The first-order valence-electron chi connectivity index (χ1n) is 2.69. The van der Waals surface area contributed by atoms with E-state index in [4.69, 9.17) is 5.73 Å². The molecule has 0 spiro atoms. The maximum Gasteiger partial charge on any atom is 0.234 e. The van der Waals surface area contributed by atoms with Crippen molar-refractivity contribution in [3.05, 3.63) is 0 Å². The zero-order valence-electron chi connectivity index (χ0n) is 5.64. The molecule has 0 saturated heterocycles. The second-order valence-electron chi connectivity index (χ2n) is 2.31. The van der Waals surface area contributed by atoms with Crippen molar-refractivity contribution in [2.24, 2.45) is 5.73 Å². The van der Waals surface area contributed by atoms with Gasteiger partial charge in [0, 0.05) is 0 Å². The predicted molar refractivity (Wildman–Crippen MR) is 40.3 cm³/mol. The number of nitrogens with two attached hydrogens (primary N) is 1. The van der Waals surface area contributed by atoms with Crippen molar-refractivity contribution in [3.8, 4) is 0 Å². The Morgan fingerprint density at radius 1 is 1.78 bits per heavy atom. The van der Waals surface area contributed by atoms with E-state index in [-0.39, 0.29) is 12.5 Å². The molecule has 0 aliphatic carbocycles. The van der Waals surface area contributed by atoms with Gasteiger partial charge in [0.05, 0.1) is 11.4 Å². The van der Waals surface area contributed by atoms with Crippen LogP contribution in [0.2, 0.25) is 0 Å². The molecule has 0 bridgehead atoms. The van der Waals surface area contributed by atoms with E-state index in [1.807, 2.05) is 0 Å². The average molecular weight is 148 g/mol. The van der Waals surface area contributed by atoms with Crippen molar-refractivity contribution in [2.75, 3.05) is 6.54 Å². The van der Waals surface area contributed by atoms with Crippen LogP contribution in [-0.4, -0.2) is 17.3 Å². The van der Waals surface area contributed by atoms with E-state index < -0.39 is 4.87 Å². The number of hydrogen-bond donors (Lipinski definition) is 3. The second-order valence-corrected chi connectivity index (χ2v) is 3.43. The lowest BCUT2D eigenvalue weighted by atomic mass is 10.4. The molecule has 0 rings (SSSR count). The molecular formula is C5H12N2OS. The van der Waals surface area contributed by atoms with Crippen molar-refractivity contribution < 1.29 is 4.79 Å². The summed E-state index contributed by atoms with van der Waals surface area (Å²) in [5, 5.41) is 2.57. The fourth-order valence-electron chi connectivity index (χ4n) is 0.392. The van der Waals surface area contributed by atoms with E-state index in [9.17, 15) is 4.79 Å². The fourth-order valence-corrected chi connectivity index (χ4v) is 0.517. The van der Waals surface area contributed by atoms with Crippen LogP contribution < -0.4 is 11.1 Å². The lowest BCUT2D eigenvalue weighted by molar-refractivity contribution is -0.120. The number of rotatable bonds is 2. The van der Waals surface area contributed by atoms with Gasteiger partial charge < -0.3 is 11.1 Å². The standard InChI is InChI=1S/C5H12N2OS/c1-5(2,9)7-4(8)3-6/h9H,3,6H2,1-2H3,(H,7,8). The van der Waals surface area contributed by atoms with Gasteiger partial charge in [-0.2, -0.15) is 12.6 Å². The third kappa shape index (κ3) is 5.65. The summed E-state index contributed by atoms with van der Waals surface area (Å²) in [5.41, 5.74) is 5.03. The highest BCUT2D eigenvalue weighted by Gasteiger charge is 2.12. The van der Waals surface area contributed by atoms with Crippen LogP contribution in [0.5, 0.6) is 0 Å². The molecule has 0 aromatic carbocycles. The van der Waals surface area contributed by atoms with Gasteiger partial charge >= 0.3 is 0 Å². The molecule has 9 heavy (non-hydrogen) atoms. The molecule has 0 fully saturated rings. The monoisotopic (exact) mass is 148 g/mol. The van der Waals surface area contributed by atoms with Crippen molar-refractivity contribution in [1.82, 2.24) is 5.32 Å². The van der Waals surface area contributed by atoms with Crippen LogP contribution in [0.15, 0.2) is 0 Å². The Morgan fingerprint density at radius 2 is 2.22 bits per heavy atom. The van der Waals surface area contributed by atoms with Crippen molar-refractivity contribution in [2.45, 2.75) is 18.7 Å². The second kappa shape index (κ2) is 3.08. The van der Waals surface area contributed by atoms with Crippen LogP contribution >= 0.6 is 12.6 Å². The SMILES string of the molecule is CC(C)(S)NC(=O)CN. The van der Waals surface area contributed by atoms with Gasteiger partial charge in [-0.25, -0.2) is 0 Å². The number of nitrogens with one attached hydrogen (secondary N) is 1. The van der Waals surface area contributed by atoms with Crippen LogP contribution in [-0.2, 0) is 4.79 Å². The fraction of sp³-hybridized carbons (Fsp3) is 0.800. The molecule has 0 saturated carbocycles. The van der Waals surface area contributed by atoms with E-state index in [0.29, 0.717) is 0 Å². The van der Waals surface area contributed by atoms with E-state index >= 15 is 0 Å². The molecule has 0 unspecified atom stereocenters. The molecule has 0 aromatic heterocycles. The Hall–Kier alpha value is -0.220. The number of carbonyl (C=O) groups excluding carboxylic acids is 1. The van der Waals surface area contributed by atoms with Crippen LogP contribution in [0.25, 0.3) is 0 Å². The van der Waals surface area contributed by atoms with Gasteiger partial charge in [0.15, 0.2) is 0 Å². The van der Waals surface area contributed by atoms with Crippen LogP contribution in [0.1, 0.15) is 13.8 Å². The molecular weight excluding hydrogens is 136 g/mol. The number of hydrogen-bond acceptors (Lipinski definition) is 3. The molecule has 3 nitrogen and oxygen atoms in total. The largest absolute Gasteiger partial charge is 0.341 e. The van der Waals surface area contributed by atoms with Gasteiger partial charge in [0.2, 0.25) is 5.91 Å². The minimum absolute atomic E-state index is 0.0178. The molecule has 0 radical (unpaired) electrons. The summed E-state index contributed by atoms with van der Waals surface area (Å²) in [6.45, 7) is 3.58. The zero-order chi connectivity index (χ0) is 7.49. The van der Waals surface area contributed by atoms with Gasteiger partial charge in [-0.3, -0.25) is 4.79 Å². The number of amides is 1. The van der Waals surface area contributed by atoms with Gasteiger partial charge in [-0.1, -0.05) is 0 Å². The third-order valence-electron chi connectivity index (χ3n) is 0.631. The summed E-state index contributed by atoms with van der Waals surface area (Å²) in [5.74, 6) is -0.185. The Morgan fingerprint density at radius 3 is 2.33 bits per heavy atom. The van der Waals surface area contributed by atoms with Crippen molar-refractivity contribution >= 4 is 18.5 Å². The van der Waals surface area contributed by atoms with Gasteiger partial charge in [-0.05, 0) is 13.8 Å². The molecule has 0 aliphatic rings. The van der Waals surface area contributed by atoms with Crippen LogP contribution in [0.4, 0.5) is 0 Å².